The Balaban J connectivity index is 1.85. The second-order valence-corrected chi connectivity index (χ2v) is 9.96. The van der Waals surface area contributed by atoms with Gasteiger partial charge in [0.1, 0.15) is 6.04 Å². The highest BCUT2D eigenvalue weighted by Crippen LogP contribution is 2.21. The van der Waals surface area contributed by atoms with Crippen molar-refractivity contribution in [1.82, 2.24) is 10.2 Å². The summed E-state index contributed by atoms with van der Waals surface area (Å²) in [7, 11) is 0. The Hall–Kier alpha value is -3.05. The maximum absolute atomic E-state index is 13.6. The van der Waals surface area contributed by atoms with E-state index in [9.17, 15) is 9.59 Å². The predicted octanol–water partition coefficient (Wildman–Crippen LogP) is 5.64. The van der Waals surface area contributed by atoms with Gasteiger partial charge in [-0.05, 0) is 44.0 Å². The van der Waals surface area contributed by atoms with E-state index in [1.54, 1.807) is 16.7 Å². The zero-order chi connectivity index (χ0) is 24.3. The highest BCUT2D eigenvalue weighted by molar-refractivity contribution is 7.99. The first-order valence-corrected chi connectivity index (χ1v) is 12.8. The Morgan fingerprint density at radius 3 is 2.18 bits per heavy atom. The molecule has 0 heterocycles. The van der Waals surface area contributed by atoms with Crippen molar-refractivity contribution >= 4 is 23.6 Å². The van der Waals surface area contributed by atoms with Gasteiger partial charge in [-0.1, -0.05) is 78.4 Å². The first-order valence-electron chi connectivity index (χ1n) is 11.8. The summed E-state index contributed by atoms with van der Waals surface area (Å²) in [5, 5.41) is 3.04. The third-order valence-electron chi connectivity index (χ3n) is 5.47. The first kappa shape index (κ1) is 25.6. The molecule has 4 nitrogen and oxygen atoms in total. The zero-order valence-corrected chi connectivity index (χ0v) is 21.1. The van der Waals surface area contributed by atoms with Crippen molar-refractivity contribution in [3.63, 3.8) is 0 Å². The Bertz CT molecular complexity index is 1050. The SMILES string of the molecule is Cc1cccc(CN(C(=O)CCSc2ccccc2)[C@H](Cc2ccccc2)C(=O)NC(C)C)c1. The lowest BCUT2D eigenvalue weighted by Crippen LogP contribution is -2.51. The van der Waals surface area contributed by atoms with E-state index in [1.165, 1.54) is 0 Å². The van der Waals surface area contributed by atoms with Gasteiger partial charge in [-0.15, -0.1) is 11.8 Å². The van der Waals surface area contributed by atoms with Crippen molar-refractivity contribution in [1.29, 1.82) is 0 Å². The molecule has 0 aliphatic rings. The molecule has 2 amide bonds. The molecule has 0 aromatic heterocycles. The molecule has 3 aromatic rings. The summed E-state index contributed by atoms with van der Waals surface area (Å²) in [6, 6.07) is 27.6. The van der Waals surface area contributed by atoms with Gasteiger partial charge in [0.2, 0.25) is 11.8 Å². The fourth-order valence-corrected chi connectivity index (χ4v) is 4.72. The number of benzene rings is 3. The molecule has 178 valence electrons. The molecule has 0 unspecified atom stereocenters. The van der Waals surface area contributed by atoms with E-state index >= 15 is 0 Å². The fraction of sp³-hybridized carbons (Fsp3) is 0.310. The average Bonchev–Trinajstić information content (AvgIpc) is 2.82. The smallest absolute Gasteiger partial charge is 0.243 e. The van der Waals surface area contributed by atoms with Crippen LogP contribution < -0.4 is 5.32 Å². The minimum atomic E-state index is -0.584. The number of nitrogens with zero attached hydrogens (tertiary/aromatic N) is 1. The van der Waals surface area contributed by atoms with E-state index in [1.807, 2.05) is 99.6 Å². The van der Waals surface area contributed by atoms with Crippen LogP contribution in [0.4, 0.5) is 0 Å². The van der Waals surface area contributed by atoms with Crippen LogP contribution in [0.5, 0.6) is 0 Å². The lowest BCUT2D eigenvalue weighted by Gasteiger charge is -2.32. The van der Waals surface area contributed by atoms with Gasteiger partial charge >= 0.3 is 0 Å². The zero-order valence-electron chi connectivity index (χ0n) is 20.2. The molecule has 1 atom stereocenters. The Morgan fingerprint density at radius 1 is 0.882 bits per heavy atom. The maximum atomic E-state index is 13.6. The Kier molecular flexibility index (Phi) is 9.77. The van der Waals surface area contributed by atoms with E-state index < -0.39 is 6.04 Å². The molecule has 0 fully saturated rings. The van der Waals surface area contributed by atoms with Gasteiger partial charge in [0.05, 0.1) is 0 Å². The van der Waals surface area contributed by atoms with Crippen molar-refractivity contribution in [2.45, 2.75) is 57.1 Å². The number of rotatable bonds is 11. The van der Waals surface area contributed by atoms with Crippen LogP contribution in [0, 0.1) is 6.92 Å². The first-order chi connectivity index (χ1) is 16.4. The van der Waals surface area contributed by atoms with Crippen LogP contribution >= 0.6 is 11.8 Å². The lowest BCUT2D eigenvalue weighted by atomic mass is 10.0. The lowest BCUT2D eigenvalue weighted by molar-refractivity contribution is -0.141. The highest BCUT2D eigenvalue weighted by atomic mass is 32.2. The summed E-state index contributed by atoms with van der Waals surface area (Å²) >= 11 is 1.66. The molecule has 5 heteroatoms. The third-order valence-corrected chi connectivity index (χ3v) is 6.48. The van der Waals surface area contributed by atoms with Gasteiger partial charge in [-0.25, -0.2) is 0 Å². The van der Waals surface area contributed by atoms with Crippen molar-refractivity contribution in [3.8, 4) is 0 Å². The number of hydrogen-bond acceptors (Lipinski definition) is 3. The number of thioether (sulfide) groups is 1. The number of hydrogen-bond donors (Lipinski definition) is 1. The van der Waals surface area contributed by atoms with Crippen LogP contribution in [0.2, 0.25) is 0 Å². The summed E-state index contributed by atoms with van der Waals surface area (Å²) in [5.41, 5.74) is 3.20. The van der Waals surface area contributed by atoms with Crippen LogP contribution in [-0.2, 0) is 22.6 Å². The van der Waals surface area contributed by atoms with Gasteiger partial charge in [-0.2, -0.15) is 0 Å². The summed E-state index contributed by atoms with van der Waals surface area (Å²) in [6.45, 7) is 6.33. The second-order valence-electron chi connectivity index (χ2n) is 8.79. The number of carbonyl (C=O) groups is 2. The molecule has 0 spiro atoms. The van der Waals surface area contributed by atoms with Crippen LogP contribution in [0.3, 0.4) is 0 Å². The summed E-state index contributed by atoms with van der Waals surface area (Å²) in [4.78, 5) is 29.8. The van der Waals surface area contributed by atoms with Crippen molar-refractivity contribution in [2.75, 3.05) is 5.75 Å². The molecule has 0 aliphatic heterocycles. The van der Waals surface area contributed by atoms with E-state index in [4.69, 9.17) is 0 Å². The normalized spacial score (nSPS) is 11.8. The molecule has 0 saturated carbocycles. The van der Waals surface area contributed by atoms with Crippen molar-refractivity contribution < 1.29 is 9.59 Å². The molecule has 34 heavy (non-hydrogen) atoms. The number of amides is 2. The van der Waals surface area contributed by atoms with Gasteiger partial charge in [-0.3, -0.25) is 9.59 Å². The number of aryl methyl sites for hydroxylation is 1. The van der Waals surface area contributed by atoms with Gasteiger partial charge in [0.15, 0.2) is 0 Å². The molecular formula is C29H34N2O2S. The Morgan fingerprint density at radius 2 is 1.53 bits per heavy atom. The summed E-state index contributed by atoms with van der Waals surface area (Å²) in [6.07, 6.45) is 0.842. The minimum Gasteiger partial charge on any atom is -0.352 e. The van der Waals surface area contributed by atoms with Gasteiger partial charge in [0.25, 0.3) is 0 Å². The average molecular weight is 475 g/mol. The topological polar surface area (TPSA) is 49.4 Å². The van der Waals surface area contributed by atoms with Crippen molar-refractivity contribution in [3.05, 3.63) is 102 Å². The van der Waals surface area contributed by atoms with Crippen molar-refractivity contribution in [2.24, 2.45) is 0 Å². The van der Waals surface area contributed by atoms with Crippen LogP contribution in [0.15, 0.2) is 89.8 Å². The molecular weight excluding hydrogens is 440 g/mol. The van der Waals surface area contributed by atoms with E-state index in [0.29, 0.717) is 25.1 Å². The quantitative estimate of drug-likeness (QED) is 0.366. The summed E-state index contributed by atoms with van der Waals surface area (Å²) < 4.78 is 0. The third kappa shape index (κ3) is 8.07. The highest BCUT2D eigenvalue weighted by Gasteiger charge is 2.30. The molecule has 1 N–H and O–H groups in total. The predicted molar refractivity (Wildman–Crippen MR) is 141 cm³/mol. The maximum Gasteiger partial charge on any atom is 0.243 e. The standard InChI is InChI=1S/C29H34N2O2S/c1-22(2)30-29(33)27(20-24-12-6-4-7-13-24)31(21-25-14-10-11-23(3)19-25)28(32)17-18-34-26-15-8-5-9-16-26/h4-16,19,22,27H,17-18,20-21H2,1-3H3,(H,30,33)/t27-/m1/s1. The number of carbonyl (C=O) groups excluding carboxylic acids is 2. The molecule has 0 bridgehead atoms. The second kappa shape index (κ2) is 13.0. The molecule has 0 aliphatic carbocycles. The molecule has 0 saturated heterocycles. The minimum absolute atomic E-state index is 0.00432. The van der Waals surface area contributed by atoms with E-state index in [0.717, 1.165) is 21.6 Å². The van der Waals surface area contributed by atoms with Gasteiger partial charge < -0.3 is 10.2 Å². The monoisotopic (exact) mass is 474 g/mol. The summed E-state index contributed by atoms with van der Waals surface area (Å²) in [5.74, 6) is 0.539. The van der Waals surface area contributed by atoms with E-state index in [2.05, 4.69) is 11.4 Å². The van der Waals surface area contributed by atoms with Gasteiger partial charge in [0, 0.05) is 36.1 Å². The molecule has 3 rings (SSSR count). The van der Waals surface area contributed by atoms with Crippen LogP contribution in [0.1, 0.15) is 37.0 Å². The molecule has 3 aromatic carbocycles. The fourth-order valence-electron chi connectivity index (χ4n) is 3.86. The number of nitrogens with one attached hydrogen (secondary N) is 1. The van der Waals surface area contributed by atoms with E-state index in [-0.39, 0.29) is 17.9 Å². The Labute approximate surface area is 207 Å². The molecule has 0 radical (unpaired) electrons. The van der Waals surface area contributed by atoms with Crippen LogP contribution in [-0.4, -0.2) is 34.6 Å². The van der Waals surface area contributed by atoms with Crippen LogP contribution in [0.25, 0.3) is 0 Å². The largest absolute Gasteiger partial charge is 0.352 e.